The third-order valence-electron chi connectivity index (χ3n) is 5.07. The minimum Gasteiger partial charge on any atom is -0.449 e. The van der Waals surface area contributed by atoms with E-state index in [0.717, 1.165) is 25.3 Å². The molecule has 7 nitrogen and oxygen atoms in total. The third-order valence-corrected chi connectivity index (χ3v) is 5.40. The van der Waals surface area contributed by atoms with Crippen LogP contribution in [0.3, 0.4) is 0 Å². The van der Waals surface area contributed by atoms with Crippen LogP contribution in [0, 0.1) is 22.0 Å². The number of hydrogen-bond acceptors (Lipinski definition) is 5. The largest absolute Gasteiger partial charge is 0.449 e. The van der Waals surface area contributed by atoms with Crippen molar-refractivity contribution in [3.8, 4) is 0 Å². The predicted octanol–water partition coefficient (Wildman–Crippen LogP) is 3.73. The van der Waals surface area contributed by atoms with Gasteiger partial charge in [0.25, 0.3) is 11.6 Å². The fourth-order valence-corrected chi connectivity index (χ4v) is 3.34. The van der Waals surface area contributed by atoms with Crippen molar-refractivity contribution in [3.05, 3.63) is 38.9 Å². The van der Waals surface area contributed by atoms with Crippen LogP contribution < -0.4 is 5.32 Å². The van der Waals surface area contributed by atoms with Crippen LogP contribution in [-0.4, -0.2) is 28.9 Å². The van der Waals surface area contributed by atoms with Crippen molar-refractivity contribution in [3.63, 3.8) is 0 Å². The number of nitro groups is 1. The first-order valence-corrected chi connectivity index (χ1v) is 9.03. The summed E-state index contributed by atoms with van der Waals surface area (Å²) in [6.45, 7) is 5.74. The monoisotopic (exact) mass is 382 g/mol. The Morgan fingerprint density at radius 2 is 2.04 bits per heavy atom. The van der Waals surface area contributed by atoms with Gasteiger partial charge in [0.05, 0.1) is 15.5 Å². The molecule has 4 atom stereocenters. The third kappa shape index (κ3) is 4.72. The highest BCUT2D eigenvalue weighted by Gasteiger charge is 2.30. The van der Waals surface area contributed by atoms with Crippen LogP contribution in [0.15, 0.2) is 18.2 Å². The molecule has 0 heterocycles. The molecule has 1 aromatic carbocycles. The average molecular weight is 383 g/mol. The summed E-state index contributed by atoms with van der Waals surface area (Å²) < 4.78 is 5.16. The average Bonchev–Trinajstić information content (AvgIpc) is 2.58. The van der Waals surface area contributed by atoms with Crippen molar-refractivity contribution in [1.82, 2.24) is 5.32 Å². The van der Waals surface area contributed by atoms with E-state index in [9.17, 15) is 19.7 Å². The van der Waals surface area contributed by atoms with Crippen LogP contribution in [0.25, 0.3) is 0 Å². The molecule has 8 heteroatoms. The van der Waals surface area contributed by atoms with Gasteiger partial charge in [0.15, 0.2) is 6.10 Å². The molecule has 0 saturated heterocycles. The van der Waals surface area contributed by atoms with E-state index >= 15 is 0 Å². The van der Waals surface area contributed by atoms with Gasteiger partial charge in [-0.3, -0.25) is 14.9 Å². The Hall–Kier alpha value is -2.15. The van der Waals surface area contributed by atoms with Gasteiger partial charge in [-0.2, -0.15) is 0 Å². The van der Waals surface area contributed by atoms with Crippen molar-refractivity contribution >= 4 is 29.2 Å². The number of carbonyl (C=O) groups excluding carboxylic acids is 2. The second-order valence-electron chi connectivity index (χ2n) is 6.85. The van der Waals surface area contributed by atoms with Gasteiger partial charge >= 0.3 is 5.97 Å². The highest BCUT2D eigenvalue weighted by Crippen LogP contribution is 2.29. The molecule has 1 N–H and O–H groups in total. The Morgan fingerprint density at radius 1 is 1.35 bits per heavy atom. The van der Waals surface area contributed by atoms with Crippen molar-refractivity contribution in [2.75, 3.05) is 0 Å². The number of nitro benzene ring substituents is 1. The number of nitrogens with one attached hydrogen (secondary N) is 1. The Morgan fingerprint density at radius 3 is 2.69 bits per heavy atom. The molecular formula is C18H23ClN2O5. The van der Waals surface area contributed by atoms with E-state index in [4.69, 9.17) is 16.3 Å². The smallest absolute Gasteiger partial charge is 0.340 e. The van der Waals surface area contributed by atoms with Gasteiger partial charge in [0.1, 0.15) is 0 Å². The van der Waals surface area contributed by atoms with E-state index in [1.165, 1.54) is 19.1 Å². The van der Waals surface area contributed by atoms with E-state index < -0.39 is 17.0 Å². The summed E-state index contributed by atoms with van der Waals surface area (Å²) in [6, 6.07) is 3.54. The maximum absolute atomic E-state index is 12.4. The fraction of sp³-hybridized carbons (Fsp3) is 0.556. The lowest BCUT2D eigenvalue weighted by Crippen LogP contribution is -2.47. The summed E-state index contributed by atoms with van der Waals surface area (Å²) in [5.74, 6) is -0.380. The van der Waals surface area contributed by atoms with Crippen LogP contribution in [0.5, 0.6) is 0 Å². The molecule has 1 aliphatic carbocycles. The molecule has 1 saturated carbocycles. The van der Waals surface area contributed by atoms with Gasteiger partial charge in [-0.05, 0) is 31.2 Å². The molecule has 2 rings (SSSR count). The molecule has 0 bridgehead atoms. The molecule has 1 fully saturated rings. The number of carbonyl (C=O) groups is 2. The van der Waals surface area contributed by atoms with Gasteiger partial charge in [-0.1, -0.05) is 38.3 Å². The quantitative estimate of drug-likeness (QED) is 0.475. The Bertz CT molecular complexity index is 709. The lowest BCUT2D eigenvalue weighted by Gasteiger charge is -2.35. The summed E-state index contributed by atoms with van der Waals surface area (Å²) in [5.41, 5.74) is -0.413. The first kappa shape index (κ1) is 20.2. The lowest BCUT2D eigenvalue weighted by molar-refractivity contribution is -0.384. The van der Waals surface area contributed by atoms with Gasteiger partial charge in [-0.25, -0.2) is 4.79 Å². The molecular weight excluding hydrogens is 360 g/mol. The molecule has 1 aliphatic rings. The molecule has 0 aliphatic heterocycles. The summed E-state index contributed by atoms with van der Waals surface area (Å²) in [7, 11) is 0. The van der Waals surface area contributed by atoms with Crippen LogP contribution in [0.2, 0.25) is 5.02 Å². The summed E-state index contributed by atoms with van der Waals surface area (Å²) in [5, 5.41) is 13.8. The molecule has 26 heavy (non-hydrogen) atoms. The normalized spacial score (nSPS) is 23.8. The van der Waals surface area contributed by atoms with Crippen molar-refractivity contribution in [1.29, 1.82) is 0 Å². The van der Waals surface area contributed by atoms with Gasteiger partial charge in [0, 0.05) is 18.2 Å². The minimum absolute atomic E-state index is 0.0305. The molecule has 0 unspecified atom stereocenters. The number of esters is 1. The number of non-ortho nitro benzene ring substituents is 1. The van der Waals surface area contributed by atoms with Crippen LogP contribution in [0.4, 0.5) is 5.69 Å². The maximum Gasteiger partial charge on any atom is 0.340 e. The Labute approximate surface area is 157 Å². The number of hydrogen-bond donors (Lipinski definition) is 1. The Kier molecular flexibility index (Phi) is 6.58. The highest BCUT2D eigenvalue weighted by atomic mass is 35.5. The number of halogens is 1. The molecule has 0 spiro atoms. The highest BCUT2D eigenvalue weighted by molar-refractivity contribution is 6.33. The zero-order chi connectivity index (χ0) is 19.4. The van der Waals surface area contributed by atoms with E-state index in [1.807, 2.05) is 0 Å². The lowest BCUT2D eigenvalue weighted by atomic mass is 9.78. The van der Waals surface area contributed by atoms with Crippen molar-refractivity contribution < 1.29 is 19.2 Å². The molecule has 0 radical (unpaired) electrons. The van der Waals surface area contributed by atoms with Crippen LogP contribution in [-0.2, 0) is 9.53 Å². The topological polar surface area (TPSA) is 98.5 Å². The zero-order valence-electron chi connectivity index (χ0n) is 15.0. The number of nitrogens with zero attached hydrogens (tertiary/aromatic N) is 1. The van der Waals surface area contributed by atoms with Crippen LogP contribution >= 0.6 is 11.6 Å². The zero-order valence-corrected chi connectivity index (χ0v) is 15.8. The Balaban J connectivity index is 2.01. The minimum atomic E-state index is -1.03. The number of amides is 1. The van der Waals surface area contributed by atoms with E-state index in [1.54, 1.807) is 0 Å². The first-order chi connectivity index (χ1) is 12.2. The standard InChI is InChI=1S/C18H23ClN2O5/c1-10-5-4-6-16(11(10)2)20-17(22)12(3)26-18(23)14-9-13(21(24)25)7-8-15(14)19/h7-12,16H,4-6H2,1-3H3,(H,20,22)/t10-,11-,12-,16-/m1/s1. The van der Waals surface area contributed by atoms with Gasteiger partial charge in [0.2, 0.25) is 0 Å². The van der Waals surface area contributed by atoms with E-state index in [2.05, 4.69) is 19.2 Å². The summed E-state index contributed by atoms with van der Waals surface area (Å²) in [4.78, 5) is 34.8. The molecule has 0 aromatic heterocycles. The second-order valence-corrected chi connectivity index (χ2v) is 7.26. The second kappa shape index (κ2) is 8.49. The molecule has 142 valence electrons. The number of ether oxygens (including phenoxy) is 1. The van der Waals surface area contributed by atoms with E-state index in [-0.39, 0.29) is 28.2 Å². The van der Waals surface area contributed by atoms with Crippen molar-refractivity contribution in [2.45, 2.75) is 52.2 Å². The van der Waals surface area contributed by atoms with Gasteiger partial charge < -0.3 is 10.1 Å². The van der Waals surface area contributed by atoms with Crippen LogP contribution in [0.1, 0.15) is 50.4 Å². The number of rotatable bonds is 5. The molecule has 1 aromatic rings. The SMILES string of the molecule is C[C@@H]1[C@H](C)CCC[C@H]1NC(=O)[C@@H](C)OC(=O)c1cc([N+](=O)[O-])ccc1Cl. The van der Waals surface area contributed by atoms with Crippen molar-refractivity contribution in [2.24, 2.45) is 11.8 Å². The summed E-state index contributed by atoms with van der Waals surface area (Å²) in [6.07, 6.45) is 2.06. The predicted molar refractivity (Wildman–Crippen MR) is 97.1 cm³/mol. The number of benzene rings is 1. The molecule has 1 amide bonds. The maximum atomic E-state index is 12.4. The fourth-order valence-electron chi connectivity index (χ4n) is 3.15. The first-order valence-electron chi connectivity index (χ1n) is 8.66. The van der Waals surface area contributed by atoms with E-state index in [0.29, 0.717) is 11.8 Å². The van der Waals surface area contributed by atoms with Gasteiger partial charge in [-0.15, -0.1) is 0 Å². The summed E-state index contributed by atoms with van der Waals surface area (Å²) >= 11 is 5.93.